The van der Waals surface area contributed by atoms with Crippen molar-refractivity contribution in [1.82, 2.24) is 10.2 Å². The van der Waals surface area contributed by atoms with Crippen LogP contribution in [0.3, 0.4) is 0 Å². The highest BCUT2D eigenvalue weighted by Gasteiger charge is 2.25. The second-order valence-corrected chi connectivity index (χ2v) is 6.68. The molecule has 7 nitrogen and oxygen atoms in total. The molecule has 1 aliphatic rings. The van der Waals surface area contributed by atoms with Gasteiger partial charge in [-0.3, -0.25) is 4.79 Å². The summed E-state index contributed by atoms with van der Waals surface area (Å²) in [6.45, 7) is 3.40. The van der Waals surface area contributed by atoms with Gasteiger partial charge in [-0.1, -0.05) is 30.3 Å². The van der Waals surface area contributed by atoms with Gasteiger partial charge >= 0.3 is 6.09 Å². The van der Waals surface area contributed by atoms with Crippen LogP contribution in [0, 0.1) is 0 Å². The molecular weight excluding hydrogens is 372 g/mol. The van der Waals surface area contributed by atoms with Crippen LogP contribution in [0.4, 0.5) is 4.79 Å². The molecule has 154 valence electrons. The number of hydrogen-bond donors (Lipinski definition) is 1. The zero-order valence-electron chi connectivity index (χ0n) is 16.5. The Bertz CT molecular complexity index is 804. The van der Waals surface area contributed by atoms with Gasteiger partial charge in [0.2, 0.25) is 0 Å². The van der Waals surface area contributed by atoms with E-state index in [9.17, 15) is 9.59 Å². The molecule has 0 spiro atoms. The number of ether oxygens (including phenoxy) is 3. The summed E-state index contributed by atoms with van der Waals surface area (Å²) in [5.74, 6) is 1.50. The molecule has 1 fully saturated rings. The number of rotatable bonds is 7. The summed E-state index contributed by atoms with van der Waals surface area (Å²) in [7, 11) is 0. The predicted molar refractivity (Wildman–Crippen MR) is 108 cm³/mol. The lowest BCUT2D eigenvalue weighted by atomic mass is 10.1. The maximum Gasteiger partial charge on any atom is 0.415 e. The van der Waals surface area contributed by atoms with Crippen LogP contribution in [0.15, 0.2) is 54.6 Å². The Morgan fingerprint density at radius 2 is 1.59 bits per heavy atom. The van der Waals surface area contributed by atoms with Gasteiger partial charge in [-0.25, -0.2) is 4.79 Å². The Kier molecular flexibility index (Phi) is 7.33. The fraction of sp³-hybridized carbons (Fsp3) is 0.364. The Labute approximate surface area is 170 Å². The maximum absolute atomic E-state index is 12.2. The molecule has 1 aliphatic heterocycles. The van der Waals surface area contributed by atoms with Gasteiger partial charge in [0.05, 0.1) is 6.61 Å². The minimum Gasteiger partial charge on any atom is -0.490 e. The molecule has 0 atom stereocenters. The molecule has 0 bridgehead atoms. The smallest absolute Gasteiger partial charge is 0.415 e. The fourth-order valence-electron chi connectivity index (χ4n) is 3.12. The Morgan fingerprint density at radius 3 is 2.24 bits per heavy atom. The second-order valence-electron chi connectivity index (χ2n) is 6.68. The van der Waals surface area contributed by atoms with Gasteiger partial charge in [0.1, 0.15) is 5.75 Å². The van der Waals surface area contributed by atoms with Crippen molar-refractivity contribution in [2.75, 3.05) is 26.3 Å². The highest BCUT2D eigenvalue weighted by Crippen LogP contribution is 2.26. The number of nitrogens with zero attached hydrogens (tertiary/aromatic N) is 1. The van der Waals surface area contributed by atoms with Crippen molar-refractivity contribution < 1.29 is 23.8 Å². The number of piperidine rings is 1. The van der Waals surface area contributed by atoms with Gasteiger partial charge < -0.3 is 24.4 Å². The summed E-state index contributed by atoms with van der Waals surface area (Å²) in [4.78, 5) is 26.1. The number of benzene rings is 2. The van der Waals surface area contributed by atoms with Crippen molar-refractivity contribution in [2.24, 2.45) is 0 Å². The molecule has 0 unspecified atom stereocenters. The third-order valence-electron chi connectivity index (χ3n) is 4.57. The average Bonchev–Trinajstić information content (AvgIpc) is 2.74. The van der Waals surface area contributed by atoms with E-state index in [2.05, 4.69) is 5.32 Å². The van der Waals surface area contributed by atoms with Gasteiger partial charge in [-0.05, 0) is 44.0 Å². The van der Waals surface area contributed by atoms with Crippen LogP contribution in [0.5, 0.6) is 17.2 Å². The monoisotopic (exact) mass is 398 g/mol. The lowest BCUT2D eigenvalue weighted by Gasteiger charge is -2.31. The third-order valence-corrected chi connectivity index (χ3v) is 4.57. The number of hydrogen-bond acceptors (Lipinski definition) is 5. The number of carbonyl (C=O) groups is 2. The molecule has 0 aromatic heterocycles. The van der Waals surface area contributed by atoms with Crippen molar-refractivity contribution >= 4 is 12.0 Å². The first-order valence-corrected chi connectivity index (χ1v) is 9.81. The summed E-state index contributed by atoms with van der Waals surface area (Å²) >= 11 is 0. The fourth-order valence-corrected chi connectivity index (χ4v) is 3.12. The third kappa shape index (κ3) is 6.14. The van der Waals surface area contributed by atoms with E-state index >= 15 is 0 Å². The van der Waals surface area contributed by atoms with Crippen molar-refractivity contribution in [1.29, 1.82) is 0 Å². The summed E-state index contributed by atoms with van der Waals surface area (Å²) < 4.78 is 16.4. The quantitative estimate of drug-likeness (QED) is 0.775. The molecule has 2 amide bonds. The maximum atomic E-state index is 12.2. The van der Waals surface area contributed by atoms with Crippen LogP contribution in [0.25, 0.3) is 0 Å². The van der Waals surface area contributed by atoms with Gasteiger partial charge in [0, 0.05) is 19.1 Å². The molecule has 1 heterocycles. The van der Waals surface area contributed by atoms with Crippen LogP contribution >= 0.6 is 0 Å². The standard InChI is InChI=1S/C22H26N2O5/c1-2-27-19-10-6-7-11-20(19)28-16-21(25)23-17-12-14-24(15-13-17)22(26)29-18-8-4-3-5-9-18/h3-11,17H,2,12-16H2,1H3,(H,23,25). The van der Waals surface area contributed by atoms with Crippen LogP contribution < -0.4 is 19.5 Å². The first-order valence-electron chi connectivity index (χ1n) is 9.81. The molecule has 1 saturated heterocycles. The lowest BCUT2D eigenvalue weighted by Crippen LogP contribution is -2.48. The normalized spacial score (nSPS) is 14.2. The number of amides is 2. The highest BCUT2D eigenvalue weighted by molar-refractivity contribution is 5.78. The molecule has 29 heavy (non-hydrogen) atoms. The molecule has 7 heteroatoms. The number of para-hydroxylation sites is 3. The van der Waals surface area contributed by atoms with Crippen molar-refractivity contribution in [3.63, 3.8) is 0 Å². The van der Waals surface area contributed by atoms with E-state index in [0.717, 1.165) is 0 Å². The van der Waals surface area contributed by atoms with E-state index in [1.807, 2.05) is 37.3 Å². The van der Waals surface area contributed by atoms with Crippen molar-refractivity contribution in [3.05, 3.63) is 54.6 Å². The van der Waals surface area contributed by atoms with Gasteiger partial charge in [-0.2, -0.15) is 0 Å². The summed E-state index contributed by atoms with van der Waals surface area (Å²) in [6.07, 6.45) is 0.980. The van der Waals surface area contributed by atoms with Crippen molar-refractivity contribution in [3.8, 4) is 17.2 Å². The molecule has 1 N–H and O–H groups in total. The number of carbonyl (C=O) groups excluding carboxylic acids is 2. The van der Waals surface area contributed by atoms with Crippen LogP contribution in [0.2, 0.25) is 0 Å². The second kappa shape index (κ2) is 10.4. The van der Waals surface area contributed by atoms with Gasteiger partial charge in [0.15, 0.2) is 18.1 Å². The van der Waals surface area contributed by atoms with E-state index in [0.29, 0.717) is 49.8 Å². The minimum absolute atomic E-state index is 0.00834. The van der Waals surface area contributed by atoms with E-state index < -0.39 is 0 Å². The predicted octanol–water partition coefficient (Wildman–Crippen LogP) is 3.24. The van der Waals surface area contributed by atoms with Crippen LogP contribution in [-0.4, -0.2) is 49.2 Å². The molecule has 0 aliphatic carbocycles. The summed E-state index contributed by atoms with van der Waals surface area (Å²) in [5, 5.41) is 2.97. The van der Waals surface area contributed by atoms with E-state index in [1.165, 1.54) is 0 Å². The molecular formula is C22H26N2O5. The van der Waals surface area contributed by atoms with Crippen LogP contribution in [-0.2, 0) is 4.79 Å². The zero-order valence-corrected chi connectivity index (χ0v) is 16.5. The summed E-state index contributed by atoms with van der Waals surface area (Å²) in [6, 6.07) is 16.3. The van der Waals surface area contributed by atoms with E-state index in [1.54, 1.807) is 29.2 Å². The molecule has 0 radical (unpaired) electrons. The summed E-state index contributed by atoms with van der Waals surface area (Å²) in [5.41, 5.74) is 0. The van der Waals surface area contributed by atoms with Gasteiger partial charge in [-0.15, -0.1) is 0 Å². The largest absolute Gasteiger partial charge is 0.490 e. The Hall–Kier alpha value is -3.22. The van der Waals surface area contributed by atoms with E-state index in [4.69, 9.17) is 14.2 Å². The molecule has 2 aromatic rings. The SMILES string of the molecule is CCOc1ccccc1OCC(=O)NC1CCN(C(=O)Oc2ccccc2)CC1. The average molecular weight is 398 g/mol. The van der Waals surface area contributed by atoms with Crippen LogP contribution in [0.1, 0.15) is 19.8 Å². The van der Waals surface area contributed by atoms with E-state index in [-0.39, 0.29) is 24.6 Å². The molecule has 3 rings (SSSR count). The minimum atomic E-state index is -0.364. The topological polar surface area (TPSA) is 77.1 Å². The first-order chi connectivity index (χ1) is 14.2. The molecule has 2 aromatic carbocycles. The van der Waals surface area contributed by atoms with Crippen molar-refractivity contribution in [2.45, 2.75) is 25.8 Å². The Morgan fingerprint density at radius 1 is 0.966 bits per heavy atom. The lowest BCUT2D eigenvalue weighted by molar-refractivity contribution is -0.124. The van der Waals surface area contributed by atoms with Gasteiger partial charge in [0.25, 0.3) is 5.91 Å². The number of nitrogens with one attached hydrogen (secondary N) is 1. The number of likely N-dealkylation sites (tertiary alicyclic amines) is 1. The first kappa shape index (κ1) is 20.5. The molecule has 0 saturated carbocycles. The Balaban J connectivity index is 1.40. The zero-order chi connectivity index (χ0) is 20.5. The highest BCUT2D eigenvalue weighted by atomic mass is 16.6.